The molecule has 0 heterocycles. The number of allylic oxidation sites excluding steroid dienone is 2. The molecule has 0 spiro atoms. The van der Waals surface area contributed by atoms with Crippen LogP contribution >= 0.6 is 0 Å². The molecule has 0 saturated heterocycles. The molecule has 30 heavy (non-hydrogen) atoms. The lowest BCUT2D eigenvalue weighted by Crippen LogP contribution is -2.00. The monoisotopic (exact) mass is 385 g/mol. The predicted molar refractivity (Wildman–Crippen MR) is 125 cm³/mol. The number of hydrogen-bond donors (Lipinski definition) is 1. The summed E-state index contributed by atoms with van der Waals surface area (Å²) in [7, 11) is 0. The van der Waals surface area contributed by atoms with E-state index in [4.69, 9.17) is 0 Å². The third-order valence-electron chi connectivity index (χ3n) is 5.47. The molecular formula is C29H21O. The molecule has 1 nitrogen and oxygen atoms in total. The van der Waals surface area contributed by atoms with Crippen LogP contribution in [-0.2, 0) is 0 Å². The summed E-state index contributed by atoms with van der Waals surface area (Å²) in [5.41, 5.74) is 8.06. The molecule has 5 rings (SSSR count). The van der Waals surface area contributed by atoms with Crippen molar-refractivity contribution < 1.29 is 5.11 Å². The van der Waals surface area contributed by atoms with E-state index < -0.39 is 0 Å². The van der Waals surface area contributed by atoms with E-state index >= 15 is 0 Å². The van der Waals surface area contributed by atoms with Crippen LogP contribution in [0, 0.1) is 6.10 Å². The fraction of sp³-hybridized carbons (Fsp3) is 0. The van der Waals surface area contributed by atoms with E-state index in [1.807, 2.05) is 72.8 Å². The van der Waals surface area contributed by atoms with Gasteiger partial charge in [0.25, 0.3) is 0 Å². The van der Waals surface area contributed by atoms with E-state index in [0.717, 1.165) is 44.5 Å². The molecule has 0 atom stereocenters. The van der Waals surface area contributed by atoms with Crippen LogP contribution < -0.4 is 0 Å². The number of aliphatic hydroxyl groups excluding tert-OH is 1. The lowest BCUT2D eigenvalue weighted by atomic mass is 9.89. The van der Waals surface area contributed by atoms with E-state index in [9.17, 15) is 5.11 Å². The topological polar surface area (TPSA) is 20.2 Å². The summed E-state index contributed by atoms with van der Waals surface area (Å²) in [5.74, 6) is 0. The summed E-state index contributed by atoms with van der Waals surface area (Å²) in [6.07, 6.45) is 0.324. The molecule has 0 aromatic heterocycles. The van der Waals surface area contributed by atoms with Crippen molar-refractivity contribution in [2.45, 2.75) is 0 Å². The largest absolute Gasteiger partial charge is 0.376 e. The molecule has 1 aliphatic rings. The molecule has 0 bridgehead atoms. The molecule has 1 N–H and O–H groups in total. The number of benzene rings is 4. The van der Waals surface area contributed by atoms with Crippen LogP contribution in [0.1, 0.15) is 22.3 Å². The van der Waals surface area contributed by atoms with Gasteiger partial charge >= 0.3 is 0 Å². The van der Waals surface area contributed by atoms with E-state index in [1.54, 1.807) is 0 Å². The Balaban J connectivity index is 1.86. The summed E-state index contributed by atoms with van der Waals surface area (Å²) in [4.78, 5) is 0. The molecule has 4 aromatic carbocycles. The van der Waals surface area contributed by atoms with Gasteiger partial charge in [-0.05, 0) is 33.4 Å². The summed E-state index contributed by atoms with van der Waals surface area (Å²) in [6, 6.07) is 41.0. The van der Waals surface area contributed by atoms with Crippen LogP contribution in [0.3, 0.4) is 0 Å². The Bertz CT molecular complexity index is 1110. The Labute approximate surface area is 177 Å². The van der Waals surface area contributed by atoms with Gasteiger partial charge in [-0.1, -0.05) is 121 Å². The van der Waals surface area contributed by atoms with E-state index in [1.165, 1.54) is 0 Å². The molecule has 0 aliphatic heterocycles. The van der Waals surface area contributed by atoms with Crippen molar-refractivity contribution in [3.63, 3.8) is 0 Å². The van der Waals surface area contributed by atoms with Crippen molar-refractivity contribution >= 4 is 22.3 Å². The maximum absolute atomic E-state index is 11.6. The lowest BCUT2D eigenvalue weighted by molar-refractivity contribution is 0.385. The van der Waals surface area contributed by atoms with Crippen molar-refractivity contribution in [3.8, 4) is 0 Å². The fourth-order valence-electron chi connectivity index (χ4n) is 4.17. The highest BCUT2D eigenvalue weighted by Gasteiger charge is 2.36. The number of aliphatic hydroxyl groups is 1. The standard InChI is InChI=1S/C29H21O/c30-29-27(23-17-9-3-10-18-23)25(21-13-5-1-6-14-21)26(22-15-7-2-8-16-22)28(29)24-19-11-4-12-20-24/h1-20,30H. The second kappa shape index (κ2) is 7.98. The maximum Gasteiger partial charge on any atom is 0.154 e. The molecule has 1 aliphatic carbocycles. The highest BCUT2D eigenvalue weighted by atomic mass is 16.3. The van der Waals surface area contributed by atoms with Crippen molar-refractivity contribution in [2.24, 2.45) is 0 Å². The summed E-state index contributed by atoms with van der Waals surface area (Å²) >= 11 is 0. The van der Waals surface area contributed by atoms with Gasteiger partial charge in [0.1, 0.15) is 0 Å². The van der Waals surface area contributed by atoms with E-state index in [0.29, 0.717) is 6.10 Å². The highest BCUT2D eigenvalue weighted by Crippen LogP contribution is 2.54. The van der Waals surface area contributed by atoms with Gasteiger partial charge in [-0.2, -0.15) is 0 Å². The van der Waals surface area contributed by atoms with Crippen LogP contribution in [0.4, 0.5) is 0 Å². The zero-order valence-corrected chi connectivity index (χ0v) is 16.5. The quantitative estimate of drug-likeness (QED) is 0.396. The summed E-state index contributed by atoms with van der Waals surface area (Å²) < 4.78 is 0. The Morgan fingerprint density at radius 3 is 0.800 bits per heavy atom. The Hall–Kier alpha value is -3.68. The van der Waals surface area contributed by atoms with Gasteiger partial charge in [0, 0.05) is 11.1 Å². The number of rotatable bonds is 4. The Kier molecular flexibility index (Phi) is 4.88. The summed E-state index contributed by atoms with van der Waals surface area (Å²) in [6.45, 7) is 0. The molecular weight excluding hydrogens is 364 g/mol. The van der Waals surface area contributed by atoms with Gasteiger partial charge in [0.2, 0.25) is 0 Å². The first kappa shape index (κ1) is 18.4. The van der Waals surface area contributed by atoms with Gasteiger partial charge in [0.05, 0.1) is 0 Å². The first-order valence-electron chi connectivity index (χ1n) is 10.1. The second-order valence-corrected chi connectivity index (χ2v) is 7.31. The third-order valence-corrected chi connectivity index (χ3v) is 5.47. The lowest BCUT2D eigenvalue weighted by Gasteiger charge is -2.14. The SMILES string of the molecule is O[C]1C(c2ccccc2)=C(c2ccccc2)C(c2ccccc2)=C1c1ccccc1. The minimum atomic E-state index is 0.324. The average Bonchev–Trinajstić information content (AvgIpc) is 3.14. The minimum absolute atomic E-state index is 0.324. The Morgan fingerprint density at radius 1 is 0.300 bits per heavy atom. The molecule has 1 radical (unpaired) electrons. The van der Waals surface area contributed by atoms with Crippen molar-refractivity contribution in [1.29, 1.82) is 0 Å². The minimum Gasteiger partial charge on any atom is -0.376 e. The molecule has 0 amide bonds. The van der Waals surface area contributed by atoms with Gasteiger partial charge in [-0.25, -0.2) is 0 Å². The fourth-order valence-corrected chi connectivity index (χ4v) is 4.17. The van der Waals surface area contributed by atoms with Gasteiger partial charge < -0.3 is 5.11 Å². The zero-order valence-electron chi connectivity index (χ0n) is 16.5. The first-order chi connectivity index (χ1) is 14.8. The molecule has 0 saturated carbocycles. The molecule has 1 heteroatoms. The van der Waals surface area contributed by atoms with Crippen LogP contribution in [0.2, 0.25) is 0 Å². The average molecular weight is 385 g/mol. The van der Waals surface area contributed by atoms with Crippen molar-refractivity contribution in [3.05, 3.63) is 150 Å². The zero-order chi connectivity index (χ0) is 20.3. The van der Waals surface area contributed by atoms with Crippen LogP contribution in [0.25, 0.3) is 22.3 Å². The van der Waals surface area contributed by atoms with Crippen LogP contribution in [0.15, 0.2) is 121 Å². The van der Waals surface area contributed by atoms with Gasteiger partial charge in [-0.3, -0.25) is 0 Å². The molecule has 0 unspecified atom stereocenters. The normalized spacial score (nSPS) is 14.4. The summed E-state index contributed by atoms with van der Waals surface area (Å²) in [5, 5.41) is 11.6. The smallest absolute Gasteiger partial charge is 0.154 e. The predicted octanol–water partition coefficient (Wildman–Crippen LogP) is 7.13. The third kappa shape index (κ3) is 3.20. The first-order valence-corrected chi connectivity index (χ1v) is 10.1. The van der Waals surface area contributed by atoms with Crippen LogP contribution in [-0.4, -0.2) is 5.11 Å². The van der Waals surface area contributed by atoms with E-state index in [-0.39, 0.29) is 0 Å². The van der Waals surface area contributed by atoms with Crippen LogP contribution in [0.5, 0.6) is 0 Å². The van der Waals surface area contributed by atoms with Crippen molar-refractivity contribution in [1.82, 2.24) is 0 Å². The van der Waals surface area contributed by atoms with Crippen molar-refractivity contribution in [2.75, 3.05) is 0 Å². The van der Waals surface area contributed by atoms with Gasteiger partial charge in [0.15, 0.2) is 6.10 Å². The maximum atomic E-state index is 11.6. The number of hydrogen-bond acceptors (Lipinski definition) is 1. The molecule has 0 fully saturated rings. The molecule has 143 valence electrons. The van der Waals surface area contributed by atoms with E-state index in [2.05, 4.69) is 48.5 Å². The molecule has 4 aromatic rings. The second-order valence-electron chi connectivity index (χ2n) is 7.31. The highest BCUT2D eigenvalue weighted by molar-refractivity contribution is 6.32. The Morgan fingerprint density at radius 2 is 0.533 bits per heavy atom. The van der Waals surface area contributed by atoms with Gasteiger partial charge in [-0.15, -0.1) is 0 Å².